The highest BCUT2D eigenvalue weighted by molar-refractivity contribution is 6.34. The van der Waals surface area contributed by atoms with Crippen LogP contribution in [0.25, 0.3) is 11.4 Å². The molecule has 0 aliphatic carbocycles. The number of phenolic OH excluding ortho intramolecular Hbond substituents is 1. The molecule has 2 aromatic heterocycles. The molecule has 2 heterocycles. The van der Waals surface area contributed by atoms with Crippen LogP contribution in [0.15, 0.2) is 28.8 Å². The van der Waals surface area contributed by atoms with Crippen LogP contribution in [0.3, 0.4) is 0 Å². The van der Waals surface area contributed by atoms with Crippen LogP contribution < -0.4 is 5.73 Å². The van der Waals surface area contributed by atoms with Crippen molar-refractivity contribution in [3.8, 4) is 17.1 Å². The zero-order valence-electron chi connectivity index (χ0n) is 16.3. The summed E-state index contributed by atoms with van der Waals surface area (Å²) in [6.07, 6.45) is 1.64. The number of unbranched alkanes of at least 4 members (excludes halogenated alkanes) is 1. The Hall–Kier alpha value is -3.33. The third-order valence-corrected chi connectivity index (χ3v) is 5.02. The number of carboxylic acids is 1. The highest BCUT2D eigenvalue weighted by Gasteiger charge is 2.29. The van der Waals surface area contributed by atoms with E-state index in [9.17, 15) is 19.8 Å². The van der Waals surface area contributed by atoms with E-state index >= 15 is 0 Å². The van der Waals surface area contributed by atoms with Crippen molar-refractivity contribution in [2.75, 3.05) is 5.73 Å². The number of Topliss-reactive ketones (excluding diaryl/α,β-unsaturated/α-hetero) is 1. The summed E-state index contributed by atoms with van der Waals surface area (Å²) in [5, 5.41) is 22.7. The summed E-state index contributed by atoms with van der Waals surface area (Å²) in [5.74, 6) is -1.07. The number of nitrogens with zero attached hydrogens (tertiary/aromatic N) is 3. The number of anilines is 1. The van der Waals surface area contributed by atoms with E-state index in [0.717, 1.165) is 12.8 Å². The summed E-state index contributed by atoms with van der Waals surface area (Å²) in [6.45, 7) is 2.41. The van der Waals surface area contributed by atoms with E-state index in [4.69, 9.17) is 21.9 Å². The van der Waals surface area contributed by atoms with E-state index in [2.05, 4.69) is 10.1 Å². The van der Waals surface area contributed by atoms with Gasteiger partial charge >= 0.3 is 5.97 Å². The quantitative estimate of drug-likeness (QED) is 0.433. The van der Waals surface area contributed by atoms with Crippen LogP contribution in [0.2, 0.25) is 5.15 Å². The van der Waals surface area contributed by atoms with E-state index in [1.165, 1.54) is 16.7 Å². The largest absolute Gasteiger partial charge is 0.508 e. The molecule has 0 saturated heterocycles. The van der Waals surface area contributed by atoms with Gasteiger partial charge in [-0.25, -0.2) is 4.79 Å². The molecule has 10 heteroatoms. The van der Waals surface area contributed by atoms with Crippen molar-refractivity contribution < 1.29 is 24.3 Å². The third-order valence-electron chi connectivity index (χ3n) is 4.63. The molecule has 0 aliphatic heterocycles. The Bertz CT molecular complexity index is 1070. The van der Waals surface area contributed by atoms with Crippen molar-refractivity contribution in [2.45, 2.75) is 39.2 Å². The molecular weight excluding hydrogens is 412 g/mol. The number of hydrogen-bond acceptors (Lipinski definition) is 7. The van der Waals surface area contributed by atoms with Crippen molar-refractivity contribution in [3.05, 3.63) is 46.4 Å². The number of ketones is 1. The van der Waals surface area contributed by atoms with Crippen LogP contribution in [0.1, 0.15) is 52.8 Å². The van der Waals surface area contributed by atoms with Crippen LogP contribution in [-0.4, -0.2) is 36.7 Å². The number of rotatable bonds is 9. The van der Waals surface area contributed by atoms with Crippen LogP contribution in [-0.2, 0) is 13.0 Å². The predicted octanol–water partition coefficient (Wildman–Crippen LogP) is 3.79. The molecule has 0 fully saturated rings. The van der Waals surface area contributed by atoms with Gasteiger partial charge in [0.15, 0.2) is 5.78 Å². The predicted molar refractivity (Wildman–Crippen MR) is 110 cm³/mol. The average Bonchev–Trinajstić information content (AvgIpc) is 3.28. The molecule has 0 saturated carbocycles. The molecule has 0 bridgehead atoms. The first-order valence-electron chi connectivity index (χ1n) is 9.39. The number of phenols is 1. The summed E-state index contributed by atoms with van der Waals surface area (Å²) < 4.78 is 6.63. The molecule has 0 radical (unpaired) electrons. The highest BCUT2D eigenvalue weighted by atomic mass is 35.5. The molecule has 0 aliphatic rings. The van der Waals surface area contributed by atoms with Crippen molar-refractivity contribution in [1.82, 2.24) is 14.7 Å². The van der Waals surface area contributed by atoms with Gasteiger partial charge in [0.1, 0.15) is 22.3 Å². The van der Waals surface area contributed by atoms with Gasteiger partial charge in [0.25, 0.3) is 0 Å². The minimum absolute atomic E-state index is 0.0474. The van der Waals surface area contributed by atoms with Crippen molar-refractivity contribution in [2.24, 2.45) is 0 Å². The van der Waals surface area contributed by atoms with Gasteiger partial charge in [0, 0.05) is 24.9 Å². The van der Waals surface area contributed by atoms with E-state index in [0.29, 0.717) is 17.9 Å². The fraction of sp³-hybridized carbons (Fsp3) is 0.300. The van der Waals surface area contributed by atoms with Crippen LogP contribution in [0.4, 0.5) is 5.82 Å². The normalized spacial score (nSPS) is 11.0. The Morgan fingerprint density at radius 1 is 1.23 bits per heavy atom. The van der Waals surface area contributed by atoms with Gasteiger partial charge in [-0.15, -0.1) is 0 Å². The number of carbonyl (C=O) groups excluding carboxylic acids is 1. The second-order valence-corrected chi connectivity index (χ2v) is 7.08. The molecular formula is C20H21ClN4O5. The number of nitrogen functional groups attached to an aromatic ring is 1. The topological polar surface area (TPSA) is 144 Å². The highest BCUT2D eigenvalue weighted by Crippen LogP contribution is 2.31. The Labute approximate surface area is 177 Å². The first-order valence-corrected chi connectivity index (χ1v) is 9.77. The van der Waals surface area contributed by atoms with Gasteiger partial charge in [0.05, 0.1) is 5.56 Å². The number of aromatic hydroxyl groups is 1. The smallest absolute Gasteiger partial charge is 0.339 e. The summed E-state index contributed by atoms with van der Waals surface area (Å²) in [7, 11) is 0. The molecule has 0 atom stereocenters. The molecule has 9 nitrogen and oxygen atoms in total. The summed E-state index contributed by atoms with van der Waals surface area (Å²) in [5.41, 5.74) is 6.33. The number of halogens is 1. The number of aromatic carboxylic acids is 1. The molecule has 0 unspecified atom stereocenters. The molecule has 30 heavy (non-hydrogen) atoms. The van der Waals surface area contributed by atoms with E-state index in [-0.39, 0.29) is 46.6 Å². The molecule has 0 amide bonds. The molecule has 3 aromatic rings. The Kier molecular flexibility index (Phi) is 6.41. The number of nitrogens with two attached hydrogens (primary N) is 1. The Morgan fingerprint density at radius 3 is 2.57 bits per heavy atom. The van der Waals surface area contributed by atoms with Crippen LogP contribution in [0.5, 0.6) is 5.75 Å². The zero-order chi connectivity index (χ0) is 21.8. The molecule has 3 rings (SSSR count). The number of aryl methyl sites for hydroxylation is 1. The average molecular weight is 433 g/mol. The van der Waals surface area contributed by atoms with Gasteiger partial charge in [-0.1, -0.05) is 30.1 Å². The van der Waals surface area contributed by atoms with E-state index in [1.54, 1.807) is 12.1 Å². The number of carboxylic acid groups (broad SMARTS) is 1. The maximum atomic E-state index is 12.8. The van der Waals surface area contributed by atoms with Gasteiger partial charge in [-0.05, 0) is 30.7 Å². The number of aromatic nitrogens is 3. The van der Waals surface area contributed by atoms with E-state index in [1.807, 2.05) is 6.92 Å². The minimum Gasteiger partial charge on any atom is -0.508 e. The van der Waals surface area contributed by atoms with Crippen molar-refractivity contribution >= 4 is 29.2 Å². The third kappa shape index (κ3) is 4.30. The second-order valence-electron chi connectivity index (χ2n) is 6.72. The van der Waals surface area contributed by atoms with Gasteiger partial charge in [0.2, 0.25) is 11.7 Å². The standard InChI is InChI=1S/C20H21ClN4O5/c1-2-3-10-25-17(21)16(20(28)29)15(18(25)22)13(27)8-9-14-23-19(24-30-14)11-4-6-12(26)7-5-11/h4-7,26H,2-3,8-10,22H2,1H3,(H,28,29). The SMILES string of the molecule is CCCCn1c(N)c(C(=O)CCc2nc(-c3ccc(O)cc3)no2)c(C(=O)O)c1Cl. The number of carbonyl (C=O) groups is 2. The first kappa shape index (κ1) is 21.4. The summed E-state index contributed by atoms with van der Waals surface area (Å²) in [4.78, 5) is 28.7. The molecule has 0 spiro atoms. The van der Waals surface area contributed by atoms with Gasteiger partial charge < -0.3 is 25.0 Å². The minimum atomic E-state index is -1.31. The Morgan fingerprint density at radius 2 is 1.93 bits per heavy atom. The second kappa shape index (κ2) is 9.00. The van der Waals surface area contributed by atoms with Crippen LogP contribution >= 0.6 is 11.6 Å². The molecule has 4 N–H and O–H groups in total. The van der Waals surface area contributed by atoms with Gasteiger partial charge in [-0.2, -0.15) is 4.98 Å². The fourth-order valence-electron chi connectivity index (χ4n) is 3.05. The lowest BCUT2D eigenvalue weighted by molar-refractivity contribution is 0.0692. The van der Waals surface area contributed by atoms with E-state index < -0.39 is 11.8 Å². The fourth-order valence-corrected chi connectivity index (χ4v) is 3.40. The zero-order valence-corrected chi connectivity index (χ0v) is 17.0. The summed E-state index contributed by atoms with van der Waals surface area (Å²) in [6, 6.07) is 6.27. The Balaban J connectivity index is 1.78. The lowest BCUT2D eigenvalue weighted by Crippen LogP contribution is -2.10. The lowest BCUT2D eigenvalue weighted by atomic mass is 10.0. The summed E-state index contributed by atoms with van der Waals surface area (Å²) >= 11 is 6.20. The lowest BCUT2D eigenvalue weighted by Gasteiger charge is -2.06. The van der Waals surface area contributed by atoms with Crippen molar-refractivity contribution in [3.63, 3.8) is 0 Å². The number of hydrogen-bond donors (Lipinski definition) is 3. The maximum Gasteiger partial charge on any atom is 0.339 e. The van der Waals surface area contributed by atoms with Gasteiger partial charge in [-0.3, -0.25) is 4.79 Å². The molecule has 158 valence electrons. The monoisotopic (exact) mass is 432 g/mol. The number of benzene rings is 1. The maximum absolute atomic E-state index is 12.8. The van der Waals surface area contributed by atoms with Crippen molar-refractivity contribution in [1.29, 1.82) is 0 Å². The molecule has 1 aromatic carbocycles. The van der Waals surface area contributed by atoms with Crippen LogP contribution in [0, 0.1) is 0 Å². The first-order chi connectivity index (χ1) is 14.3.